The molecule has 188 valence electrons. The van der Waals surface area contributed by atoms with Crippen LogP contribution in [0.4, 0.5) is 0 Å². The van der Waals surface area contributed by atoms with Crippen LogP contribution in [0.25, 0.3) is 0 Å². The molecule has 1 saturated carbocycles. The fourth-order valence-corrected chi connectivity index (χ4v) is 6.53. The molecule has 1 aromatic heterocycles. The highest BCUT2D eigenvalue weighted by Crippen LogP contribution is 2.40. The van der Waals surface area contributed by atoms with Gasteiger partial charge in [0.2, 0.25) is 14.7 Å². The molecule has 11 heteroatoms. The first-order valence-corrected chi connectivity index (χ1v) is 12.5. The van der Waals surface area contributed by atoms with Gasteiger partial charge in [-0.25, -0.2) is 13.9 Å². The summed E-state index contributed by atoms with van der Waals surface area (Å²) in [6.45, 7) is 2.37. The Hall–Kier alpha value is -2.24. The Balaban J connectivity index is 0.00000408. The van der Waals surface area contributed by atoms with Crippen molar-refractivity contribution in [1.29, 1.82) is 0 Å². The highest BCUT2D eigenvalue weighted by Gasteiger charge is 2.57. The smallest absolute Gasteiger partial charge is 0.280 e. The van der Waals surface area contributed by atoms with Crippen LogP contribution in [0.1, 0.15) is 38.2 Å². The molecule has 0 saturated heterocycles. The van der Waals surface area contributed by atoms with Crippen LogP contribution in [-0.4, -0.2) is 49.2 Å². The lowest BCUT2D eigenvalue weighted by Crippen LogP contribution is -2.66. The van der Waals surface area contributed by atoms with Gasteiger partial charge in [0.25, 0.3) is 5.91 Å². The molecule has 1 fully saturated rings. The molecule has 1 aromatic carbocycles. The summed E-state index contributed by atoms with van der Waals surface area (Å²) >= 11 is 0. The van der Waals surface area contributed by atoms with Crippen LogP contribution in [0.3, 0.4) is 0 Å². The fraction of sp³-hybridized carbons (Fsp3) is 0.478. The number of hydrogen-bond donors (Lipinski definition) is 3. The van der Waals surface area contributed by atoms with Crippen molar-refractivity contribution in [3.63, 3.8) is 0 Å². The van der Waals surface area contributed by atoms with Crippen molar-refractivity contribution < 1.29 is 27.9 Å². The highest BCUT2D eigenvalue weighted by atomic mass is 35.5. The number of nitrogens with one attached hydrogen (secondary N) is 2. The standard InChI is InChI=1S/C23H31N3O6S.ClH/c1-3-32-20-8-10-21(11-9-20)33(29,30)23(22(27)26-28,18-4-6-19(31-2)7-5-18)25-16-17-12-14-24-15-13-17;/h8-15,18-19,25,28H,3-7,16H2,1-2H3,(H,26,27);1H/t18?,19?,23-;/m1./s1. The second kappa shape index (κ2) is 12.5. The summed E-state index contributed by atoms with van der Waals surface area (Å²) in [5.74, 6) is -1.07. The number of methoxy groups -OCH3 is 1. The van der Waals surface area contributed by atoms with Gasteiger partial charge >= 0.3 is 0 Å². The Morgan fingerprint density at radius 2 is 1.74 bits per heavy atom. The minimum Gasteiger partial charge on any atom is -0.494 e. The van der Waals surface area contributed by atoms with Crippen molar-refractivity contribution in [2.24, 2.45) is 5.92 Å². The van der Waals surface area contributed by atoms with E-state index < -0.39 is 26.5 Å². The van der Waals surface area contributed by atoms with E-state index in [1.54, 1.807) is 49.2 Å². The van der Waals surface area contributed by atoms with E-state index in [9.17, 15) is 18.4 Å². The predicted molar refractivity (Wildman–Crippen MR) is 129 cm³/mol. The molecule has 1 atom stereocenters. The lowest BCUT2D eigenvalue weighted by molar-refractivity contribution is -0.135. The van der Waals surface area contributed by atoms with Crippen LogP contribution in [0.5, 0.6) is 5.75 Å². The fourth-order valence-electron chi connectivity index (χ4n) is 4.44. The number of rotatable bonds is 10. The van der Waals surface area contributed by atoms with Crippen molar-refractivity contribution >= 4 is 28.2 Å². The van der Waals surface area contributed by atoms with Gasteiger partial charge in [0.1, 0.15) is 5.75 Å². The molecule has 3 rings (SSSR count). The molecule has 34 heavy (non-hydrogen) atoms. The molecule has 2 aromatic rings. The molecule has 1 amide bonds. The number of halogens is 1. The lowest BCUT2D eigenvalue weighted by Gasteiger charge is -2.42. The maximum absolute atomic E-state index is 14.1. The van der Waals surface area contributed by atoms with Gasteiger partial charge in [-0.3, -0.25) is 20.3 Å². The Labute approximate surface area is 206 Å². The predicted octanol–water partition coefficient (Wildman–Crippen LogP) is 2.87. The zero-order chi connectivity index (χ0) is 23.9. The number of carbonyl (C=O) groups excluding carboxylic acids is 1. The average Bonchev–Trinajstić information content (AvgIpc) is 2.85. The van der Waals surface area contributed by atoms with Crippen LogP contribution in [0, 0.1) is 5.92 Å². The zero-order valence-corrected chi connectivity index (χ0v) is 20.9. The molecular weight excluding hydrogens is 482 g/mol. The van der Waals surface area contributed by atoms with E-state index >= 15 is 0 Å². The SMILES string of the molecule is CCOc1ccc(S(=O)(=O)[C@@](NCc2ccncc2)(C(=O)NO)C2CCC(OC)CC2)cc1.Cl. The number of benzene rings is 1. The van der Waals surface area contributed by atoms with E-state index in [0.717, 1.165) is 5.56 Å². The van der Waals surface area contributed by atoms with E-state index in [-0.39, 0.29) is 30.0 Å². The molecule has 1 aliphatic carbocycles. The number of hydrogen-bond acceptors (Lipinski definition) is 8. The molecule has 0 aliphatic heterocycles. The Morgan fingerprint density at radius 1 is 1.12 bits per heavy atom. The van der Waals surface area contributed by atoms with Crippen molar-refractivity contribution in [2.45, 2.75) is 55.0 Å². The summed E-state index contributed by atoms with van der Waals surface area (Å²) < 4.78 is 39.0. The van der Waals surface area contributed by atoms with Crippen LogP contribution in [0.2, 0.25) is 0 Å². The van der Waals surface area contributed by atoms with E-state index in [1.165, 1.54) is 12.1 Å². The first-order valence-electron chi connectivity index (χ1n) is 11.0. The molecule has 9 nitrogen and oxygen atoms in total. The number of carbonyl (C=O) groups is 1. The highest BCUT2D eigenvalue weighted by molar-refractivity contribution is 7.93. The second-order valence-electron chi connectivity index (χ2n) is 8.00. The third-order valence-electron chi connectivity index (χ3n) is 6.19. The normalized spacial score (nSPS) is 20.0. The van der Waals surface area contributed by atoms with Gasteiger partial charge in [0.15, 0.2) is 0 Å². The molecule has 0 unspecified atom stereocenters. The van der Waals surface area contributed by atoms with Crippen LogP contribution in [0.15, 0.2) is 53.7 Å². The second-order valence-corrected chi connectivity index (χ2v) is 10.1. The number of nitrogens with zero attached hydrogens (tertiary/aromatic N) is 1. The van der Waals surface area contributed by atoms with E-state index in [2.05, 4.69) is 10.3 Å². The monoisotopic (exact) mass is 513 g/mol. The Bertz CT molecular complexity index is 1010. The number of sulfone groups is 1. The van der Waals surface area contributed by atoms with E-state index in [4.69, 9.17) is 9.47 Å². The van der Waals surface area contributed by atoms with Crippen LogP contribution >= 0.6 is 12.4 Å². The van der Waals surface area contributed by atoms with Gasteiger partial charge in [0.05, 0.1) is 17.6 Å². The molecule has 1 aliphatic rings. The van der Waals surface area contributed by atoms with Gasteiger partial charge in [-0.15, -0.1) is 12.4 Å². The molecule has 0 bridgehead atoms. The van der Waals surface area contributed by atoms with Gasteiger partial charge in [-0.1, -0.05) is 0 Å². The van der Waals surface area contributed by atoms with Crippen molar-refractivity contribution in [3.05, 3.63) is 54.4 Å². The van der Waals surface area contributed by atoms with Crippen molar-refractivity contribution in [1.82, 2.24) is 15.8 Å². The molecule has 3 N–H and O–H groups in total. The molecule has 1 heterocycles. The molecule has 0 spiro atoms. The van der Waals surface area contributed by atoms with Crippen LogP contribution < -0.4 is 15.5 Å². The summed E-state index contributed by atoms with van der Waals surface area (Å²) in [7, 11) is -2.67. The van der Waals surface area contributed by atoms with Gasteiger partial charge in [-0.05, 0) is 74.6 Å². The van der Waals surface area contributed by atoms with E-state index in [1.807, 2.05) is 6.92 Å². The molecule has 0 radical (unpaired) electrons. The largest absolute Gasteiger partial charge is 0.494 e. The maximum Gasteiger partial charge on any atom is 0.280 e. The zero-order valence-electron chi connectivity index (χ0n) is 19.3. The number of amides is 1. The lowest BCUT2D eigenvalue weighted by atomic mass is 9.81. The number of hydroxylamine groups is 1. The number of aromatic nitrogens is 1. The summed E-state index contributed by atoms with van der Waals surface area (Å²) in [6, 6.07) is 9.44. The average molecular weight is 514 g/mol. The first kappa shape index (κ1) is 28.0. The summed E-state index contributed by atoms with van der Waals surface area (Å²) in [5.41, 5.74) is 2.38. The minimum absolute atomic E-state index is 0. The minimum atomic E-state index is -4.29. The number of ether oxygens (including phenoxy) is 2. The Kier molecular flexibility index (Phi) is 10.3. The first-order chi connectivity index (χ1) is 15.9. The van der Waals surface area contributed by atoms with Gasteiger partial charge in [0, 0.05) is 32.0 Å². The van der Waals surface area contributed by atoms with Crippen molar-refractivity contribution in [2.75, 3.05) is 13.7 Å². The maximum atomic E-state index is 14.1. The summed E-state index contributed by atoms with van der Waals surface area (Å²) in [5, 5.41) is 12.7. The summed E-state index contributed by atoms with van der Waals surface area (Å²) in [6.07, 6.45) is 5.28. The van der Waals surface area contributed by atoms with E-state index in [0.29, 0.717) is 38.0 Å². The topological polar surface area (TPSA) is 127 Å². The third kappa shape index (κ3) is 5.69. The molecular formula is C23H32ClN3O6S. The quantitative estimate of drug-likeness (QED) is 0.327. The van der Waals surface area contributed by atoms with Gasteiger partial charge < -0.3 is 9.47 Å². The van der Waals surface area contributed by atoms with Crippen LogP contribution in [-0.2, 0) is 25.9 Å². The third-order valence-corrected chi connectivity index (χ3v) is 8.60. The van der Waals surface area contributed by atoms with Gasteiger partial charge in [-0.2, -0.15) is 0 Å². The number of pyridine rings is 1. The Morgan fingerprint density at radius 3 is 2.26 bits per heavy atom. The van der Waals surface area contributed by atoms with Crippen molar-refractivity contribution in [3.8, 4) is 5.75 Å². The summed E-state index contributed by atoms with van der Waals surface area (Å²) in [4.78, 5) is 15.1.